The van der Waals surface area contributed by atoms with E-state index < -0.39 is 18.1 Å². The van der Waals surface area contributed by atoms with E-state index in [1.165, 1.54) is 12.8 Å². The average molecular weight is 526 g/mol. The van der Waals surface area contributed by atoms with E-state index in [1.54, 1.807) is 21.9 Å². The first-order valence-electron chi connectivity index (χ1n) is 14.1. The van der Waals surface area contributed by atoms with Gasteiger partial charge < -0.3 is 25.8 Å². The maximum absolute atomic E-state index is 13.7. The van der Waals surface area contributed by atoms with Crippen LogP contribution in [0.5, 0.6) is 0 Å². The van der Waals surface area contributed by atoms with Crippen LogP contribution < -0.4 is 16.0 Å². The number of nitrogens with zero attached hydrogens (tertiary/aromatic N) is 3. The number of rotatable bonds is 9. The fraction of sp³-hybridized carbons (Fsp3) is 0.655. The maximum atomic E-state index is 13.7. The number of hydrogen-bond donors (Lipinski definition) is 2. The van der Waals surface area contributed by atoms with Gasteiger partial charge in [0.1, 0.15) is 12.1 Å². The molecule has 0 bridgehead atoms. The molecular weight excluding hydrogens is 482 g/mol. The Morgan fingerprint density at radius 3 is 2.16 bits per heavy atom. The number of carbonyl (C=O) groups is 4. The first kappa shape index (κ1) is 28.1. The minimum atomic E-state index is -0.750. The molecule has 4 rings (SSSR count). The number of likely N-dealkylation sites (tertiary alicyclic amines) is 2. The molecule has 3 aliphatic heterocycles. The maximum Gasteiger partial charge on any atom is 0.251 e. The van der Waals surface area contributed by atoms with Crippen LogP contribution in [0.15, 0.2) is 24.3 Å². The van der Waals surface area contributed by atoms with Crippen LogP contribution in [-0.4, -0.2) is 83.7 Å². The second-order valence-corrected chi connectivity index (χ2v) is 11.9. The van der Waals surface area contributed by atoms with Crippen LogP contribution in [-0.2, 0) is 14.4 Å². The van der Waals surface area contributed by atoms with E-state index in [1.807, 2.05) is 39.8 Å². The quantitative estimate of drug-likeness (QED) is 0.511. The molecule has 0 radical (unpaired) electrons. The molecule has 0 saturated carbocycles. The number of fused-ring (bicyclic) bond motifs is 1. The van der Waals surface area contributed by atoms with Crippen LogP contribution >= 0.6 is 0 Å². The molecular formula is C29H43N5O4. The molecule has 38 heavy (non-hydrogen) atoms. The van der Waals surface area contributed by atoms with E-state index in [4.69, 9.17) is 5.73 Å². The molecule has 3 fully saturated rings. The summed E-state index contributed by atoms with van der Waals surface area (Å²) in [6.45, 7) is 10.4. The lowest BCUT2D eigenvalue weighted by atomic mass is 10.0. The number of amides is 3. The molecule has 0 spiro atoms. The summed E-state index contributed by atoms with van der Waals surface area (Å²) in [5, 5.41) is 2.94. The standard InChI is InChI=1S/C29H43N5O4/c1-18(2)15-22(30)28(37)34-17-25(35)26-24(34)11-14-33(26)29(38)23(16-19(3)4)31-27(36)20-7-9-21(10-8-20)32-12-5-6-13-32/h7-10,18-19,22-24,26H,5-6,11-17,30H2,1-4H3,(H,31,36). The van der Waals surface area contributed by atoms with E-state index in [-0.39, 0.29) is 47.9 Å². The van der Waals surface area contributed by atoms with Crippen LogP contribution in [0, 0.1) is 11.8 Å². The fourth-order valence-electron chi connectivity index (χ4n) is 6.11. The molecule has 0 aromatic heterocycles. The van der Waals surface area contributed by atoms with Crippen molar-refractivity contribution in [1.29, 1.82) is 0 Å². The van der Waals surface area contributed by atoms with Crippen LogP contribution in [0.4, 0.5) is 5.69 Å². The van der Waals surface area contributed by atoms with Crippen molar-refractivity contribution in [3.8, 4) is 0 Å². The third-order valence-electron chi connectivity index (χ3n) is 7.94. The van der Waals surface area contributed by atoms with Gasteiger partial charge in [-0.1, -0.05) is 27.7 Å². The van der Waals surface area contributed by atoms with Crippen molar-refractivity contribution in [1.82, 2.24) is 15.1 Å². The fourth-order valence-corrected chi connectivity index (χ4v) is 6.11. The topological polar surface area (TPSA) is 116 Å². The number of nitrogens with one attached hydrogen (secondary N) is 1. The van der Waals surface area contributed by atoms with Crippen molar-refractivity contribution in [3.63, 3.8) is 0 Å². The first-order valence-corrected chi connectivity index (χ1v) is 14.1. The zero-order valence-electron chi connectivity index (χ0n) is 23.2. The molecule has 3 aliphatic rings. The third-order valence-corrected chi connectivity index (χ3v) is 7.94. The highest BCUT2D eigenvalue weighted by Crippen LogP contribution is 2.31. The minimum absolute atomic E-state index is 0.0195. The number of ketones is 1. The van der Waals surface area contributed by atoms with Gasteiger partial charge in [0.15, 0.2) is 5.78 Å². The van der Waals surface area contributed by atoms with E-state index in [0.29, 0.717) is 31.4 Å². The van der Waals surface area contributed by atoms with Crippen LogP contribution in [0.25, 0.3) is 0 Å². The molecule has 3 saturated heterocycles. The van der Waals surface area contributed by atoms with E-state index in [0.717, 1.165) is 18.8 Å². The summed E-state index contributed by atoms with van der Waals surface area (Å²) in [5.74, 6) is -0.506. The summed E-state index contributed by atoms with van der Waals surface area (Å²) in [7, 11) is 0. The Bertz CT molecular complexity index is 1030. The first-order chi connectivity index (χ1) is 18.1. The Balaban J connectivity index is 1.45. The number of carbonyl (C=O) groups excluding carboxylic acids is 4. The van der Waals surface area contributed by atoms with Gasteiger partial charge in [-0.05, 0) is 68.2 Å². The van der Waals surface area contributed by atoms with Crippen LogP contribution in [0.2, 0.25) is 0 Å². The second-order valence-electron chi connectivity index (χ2n) is 11.9. The number of anilines is 1. The van der Waals surface area contributed by atoms with Gasteiger partial charge in [-0.3, -0.25) is 19.2 Å². The SMILES string of the molecule is CC(C)CC(N)C(=O)N1CC(=O)C2C1CCN2C(=O)C(CC(C)C)NC(=O)c1ccc(N2CCCC2)cc1. The van der Waals surface area contributed by atoms with E-state index >= 15 is 0 Å². The summed E-state index contributed by atoms with van der Waals surface area (Å²) in [5.41, 5.74) is 7.75. The molecule has 4 unspecified atom stereocenters. The summed E-state index contributed by atoms with van der Waals surface area (Å²) in [6, 6.07) is 5.08. The molecule has 3 N–H and O–H groups in total. The monoisotopic (exact) mass is 525 g/mol. The van der Waals surface area contributed by atoms with Crippen molar-refractivity contribution >= 4 is 29.2 Å². The van der Waals surface area contributed by atoms with E-state index in [9.17, 15) is 19.2 Å². The lowest BCUT2D eigenvalue weighted by Crippen LogP contribution is -2.53. The molecule has 3 heterocycles. The Hall–Kier alpha value is -2.94. The smallest absolute Gasteiger partial charge is 0.251 e. The summed E-state index contributed by atoms with van der Waals surface area (Å²) >= 11 is 0. The Morgan fingerprint density at radius 2 is 1.55 bits per heavy atom. The van der Waals surface area contributed by atoms with Crippen molar-refractivity contribution in [3.05, 3.63) is 29.8 Å². The van der Waals surface area contributed by atoms with Gasteiger partial charge in [-0.2, -0.15) is 0 Å². The molecule has 208 valence electrons. The molecule has 3 amide bonds. The zero-order chi connectivity index (χ0) is 27.6. The highest BCUT2D eigenvalue weighted by atomic mass is 16.2. The third kappa shape index (κ3) is 6.03. The molecule has 9 nitrogen and oxygen atoms in total. The van der Waals surface area contributed by atoms with Crippen LogP contribution in [0.3, 0.4) is 0 Å². The molecule has 1 aromatic carbocycles. The second kappa shape index (κ2) is 11.8. The minimum Gasteiger partial charge on any atom is -0.372 e. The van der Waals surface area contributed by atoms with Crippen LogP contribution in [0.1, 0.15) is 70.2 Å². The molecule has 0 aliphatic carbocycles. The number of hydrogen-bond acceptors (Lipinski definition) is 6. The number of benzene rings is 1. The van der Waals surface area contributed by atoms with Gasteiger partial charge in [-0.25, -0.2) is 0 Å². The lowest BCUT2D eigenvalue weighted by Gasteiger charge is -2.29. The molecule has 9 heteroatoms. The Kier molecular flexibility index (Phi) is 8.75. The molecule has 1 aromatic rings. The zero-order valence-corrected chi connectivity index (χ0v) is 23.2. The largest absolute Gasteiger partial charge is 0.372 e. The van der Waals surface area contributed by atoms with Crippen molar-refractivity contribution in [2.24, 2.45) is 17.6 Å². The normalized spacial score (nSPS) is 22.8. The van der Waals surface area contributed by atoms with Gasteiger partial charge in [0.05, 0.1) is 18.6 Å². The highest BCUT2D eigenvalue weighted by molar-refractivity contribution is 6.01. The number of Topliss-reactive ketones (excluding diaryl/α,β-unsaturated/α-hetero) is 1. The van der Waals surface area contributed by atoms with Crippen molar-refractivity contribution < 1.29 is 19.2 Å². The predicted octanol–water partition coefficient (Wildman–Crippen LogP) is 2.19. The summed E-state index contributed by atoms with van der Waals surface area (Å²) < 4.78 is 0. The Morgan fingerprint density at radius 1 is 0.921 bits per heavy atom. The van der Waals surface area contributed by atoms with Crippen molar-refractivity contribution in [2.75, 3.05) is 31.1 Å². The predicted molar refractivity (Wildman–Crippen MR) is 147 cm³/mol. The lowest BCUT2D eigenvalue weighted by molar-refractivity contribution is -0.138. The van der Waals surface area contributed by atoms with Gasteiger partial charge in [0, 0.05) is 30.9 Å². The van der Waals surface area contributed by atoms with Crippen molar-refractivity contribution in [2.45, 2.75) is 84.0 Å². The number of nitrogens with two attached hydrogens (primary N) is 1. The van der Waals surface area contributed by atoms with Gasteiger partial charge in [-0.15, -0.1) is 0 Å². The summed E-state index contributed by atoms with van der Waals surface area (Å²) in [6.07, 6.45) is 3.89. The summed E-state index contributed by atoms with van der Waals surface area (Å²) in [4.78, 5) is 58.4. The van der Waals surface area contributed by atoms with Gasteiger partial charge in [0.25, 0.3) is 5.91 Å². The van der Waals surface area contributed by atoms with Gasteiger partial charge in [0.2, 0.25) is 11.8 Å². The van der Waals surface area contributed by atoms with Gasteiger partial charge >= 0.3 is 0 Å². The Labute approximate surface area is 226 Å². The highest BCUT2D eigenvalue weighted by Gasteiger charge is 2.52. The molecule has 4 atom stereocenters. The van der Waals surface area contributed by atoms with E-state index in [2.05, 4.69) is 10.2 Å². The average Bonchev–Trinajstić information content (AvgIpc) is 3.61.